The monoisotopic (exact) mass is 1300 g/mol. The van der Waals surface area contributed by atoms with Crippen LogP contribution in [0, 0.1) is 51.0 Å². The van der Waals surface area contributed by atoms with Crippen molar-refractivity contribution in [1.29, 1.82) is 0 Å². The summed E-state index contributed by atoms with van der Waals surface area (Å²) in [6.45, 7) is 8.99. The Morgan fingerprint density at radius 1 is 0.409 bits per heavy atom. The lowest BCUT2D eigenvalue weighted by atomic mass is 10.0. The van der Waals surface area contributed by atoms with Gasteiger partial charge >= 0.3 is 0 Å². The van der Waals surface area contributed by atoms with Crippen LogP contribution in [-0.4, -0.2) is 86.2 Å². The molecule has 3 aromatic heterocycles. The molecule has 0 aliphatic heterocycles. The predicted molar refractivity (Wildman–Crippen MR) is 347 cm³/mol. The van der Waals surface area contributed by atoms with Crippen LogP contribution in [0.25, 0.3) is 33.8 Å². The highest BCUT2D eigenvalue weighted by Crippen LogP contribution is 2.28. The highest BCUT2D eigenvalue weighted by molar-refractivity contribution is 6.30. The molecule has 9 rings (SSSR count). The first kappa shape index (κ1) is 69.9. The van der Waals surface area contributed by atoms with Crippen LogP contribution < -0.4 is 46.8 Å². The summed E-state index contributed by atoms with van der Waals surface area (Å²) in [5, 5.41) is 39.1. The van der Waals surface area contributed by atoms with Gasteiger partial charge in [0.25, 0.3) is 34.4 Å². The van der Waals surface area contributed by atoms with E-state index < -0.39 is 69.1 Å². The number of nitrogens with one attached hydrogen (secondary N) is 3. The van der Waals surface area contributed by atoms with Gasteiger partial charge in [-0.3, -0.25) is 28.8 Å². The molecule has 486 valence electrons. The Balaban J connectivity index is 0.000000198. The topological polar surface area (TPSA) is 242 Å². The third kappa shape index (κ3) is 19.2. The summed E-state index contributed by atoms with van der Waals surface area (Å²) in [5.74, 6) is -3.67. The van der Waals surface area contributed by atoms with Gasteiger partial charge in [0.05, 0.1) is 53.6 Å². The van der Waals surface area contributed by atoms with Crippen LogP contribution in [0.2, 0.25) is 5.02 Å². The molecule has 0 unspecified atom stereocenters. The van der Waals surface area contributed by atoms with E-state index in [4.69, 9.17) is 25.8 Å². The van der Waals surface area contributed by atoms with Crippen molar-refractivity contribution < 1.29 is 61.5 Å². The summed E-state index contributed by atoms with van der Waals surface area (Å²) in [5.41, 5.74) is 2.63. The molecule has 0 bridgehead atoms. The fourth-order valence-electron chi connectivity index (χ4n) is 9.46. The van der Waals surface area contributed by atoms with E-state index >= 15 is 0 Å². The number of carbonyl (C=O) groups excluding carboxylic acids is 3. The molecular weight excluding hydrogens is 1230 g/mol. The van der Waals surface area contributed by atoms with E-state index in [0.717, 1.165) is 15.9 Å². The molecule has 0 radical (unpaired) electrons. The summed E-state index contributed by atoms with van der Waals surface area (Å²) in [4.78, 5) is 75.0. The molecule has 6 aromatic carbocycles. The van der Waals surface area contributed by atoms with Gasteiger partial charge in [0.15, 0.2) is 17.2 Å². The number of rotatable bonds is 21. The third-order valence-electron chi connectivity index (χ3n) is 14.2. The molecule has 93 heavy (non-hydrogen) atoms. The number of benzene rings is 6. The van der Waals surface area contributed by atoms with Crippen LogP contribution in [0.1, 0.15) is 72.6 Å². The number of ether oxygens (including phenoxy) is 3. The Kier molecular flexibility index (Phi) is 24.3. The lowest BCUT2D eigenvalue weighted by Gasteiger charge is -2.14. The second kappa shape index (κ2) is 32.4. The standard InChI is InChI=1S/C24H25FN2O4.C23H22ClFN2O4.C23H22F2N2O4/c1-15-5-7-19(8-6-15)31-10-4-9-26-23(29)20-14-21(27(3)24(30)22(20)28)17-11-16(2)12-18(25)13-17;1-14-9-15(11-17(25)10-14)20-13-19(21(28)23(30)27(20)2)22(29)26-7-4-8-31-18-6-3-5-16(24)12-18;1-14-10-15(12-17(25)11-14)20-13-19(21(28)23(30)27(20)2)22(29)26-8-3-9-31-18-6-4-16(24)5-7-18/h5-8,11-14,28H,4,9-10H2,1-3H3,(H,26,29);3,5-6,9-13,28H,4,7-8H2,1-2H3,(H,26,29);4-7,10-13,28H,3,8-9H2,1-2H3,(H,26,29). The number of hydrogen-bond acceptors (Lipinski definition) is 12. The van der Waals surface area contributed by atoms with Gasteiger partial charge in [0.1, 0.15) is 40.5 Å². The maximum atomic E-state index is 13.8. The average molecular weight is 1300 g/mol. The van der Waals surface area contributed by atoms with Crippen molar-refractivity contribution in [3.05, 3.63) is 244 Å². The fourth-order valence-corrected chi connectivity index (χ4v) is 9.64. The summed E-state index contributed by atoms with van der Waals surface area (Å²) in [6.07, 6.45) is 1.49. The maximum absolute atomic E-state index is 13.8. The first-order valence-corrected chi connectivity index (χ1v) is 29.6. The van der Waals surface area contributed by atoms with Gasteiger partial charge in [0.2, 0.25) is 0 Å². The smallest absolute Gasteiger partial charge is 0.293 e. The zero-order valence-electron chi connectivity index (χ0n) is 52.0. The summed E-state index contributed by atoms with van der Waals surface area (Å²) in [7, 11) is 4.35. The van der Waals surface area contributed by atoms with Gasteiger partial charge < -0.3 is 59.2 Å². The van der Waals surface area contributed by atoms with Crippen LogP contribution >= 0.6 is 11.6 Å². The van der Waals surface area contributed by atoms with E-state index in [2.05, 4.69) is 16.0 Å². The van der Waals surface area contributed by atoms with E-state index in [1.54, 1.807) is 63.2 Å². The minimum absolute atomic E-state index is 0.153. The second-order valence-electron chi connectivity index (χ2n) is 21.6. The molecule has 3 heterocycles. The number of nitrogens with zero attached hydrogens (tertiary/aromatic N) is 3. The predicted octanol–water partition coefficient (Wildman–Crippen LogP) is 11.3. The highest BCUT2D eigenvalue weighted by Gasteiger charge is 2.23. The number of carbonyl (C=O) groups is 3. The Morgan fingerprint density at radius 2 is 0.731 bits per heavy atom. The van der Waals surface area contributed by atoms with E-state index in [0.29, 0.717) is 106 Å². The molecule has 0 fully saturated rings. The van der Waals surface area contributed by atoms with E-state index in [-0.39, 0.29) is 42.2 Å². The average Bonchev–Trinajstić information content (AvgIpc) is 0.814. The molecule has 0 saturated carbocycles. The van der Waals surface area contributed by atoms with Crippen molar-refractivity contribution in [2.45, 2.75) is 47.0 Å². The van der Waals surface area contributed by atoms with E-state index in [1.165, 1.54) is 109 Å². The number of aryl methyl sites for hydroxylation is 4. The first-order valence-electron chi connectivity index (χ1n) is 29.2. The summed E-state index contributed by atoms with van der Waals surface area (Å²) < 4.78 is 74.5. The Bertz CT molecular complexity index is 4120. The zero-order chi connectivity index (χ0) is 67.6. The quantitative estimate of drug-likeness (QED) is 0.0291. The minimum atomic E-state index is -0.760. The number of halogens is 5. The van der Waals surface area contributed by atoms with Crippen molar-refractivity contribution in [1.82, 2.24) is 29.7 Å². The Hall–Kier alpha value is -10.6. The molecular formula is C70H69ClF4N6O12. The first-order chi connectivity index (χ1) is 44.3. The highest BCUT2D eigenvalue weighted by atomic mass is 35.5. The molecule has 18 nitrogen and oxygen atoms in total. The molecule has 0 atom stereocenters. The molecule has 6 N–H and O–H groups in total. The van der Waals surface area contributed by atoms with Gasteiger partial charge in [0, 0.05) is 62.5 Å². The molecule has 23 heteroatoms. The lowest BCUT2D eigenvalue weighted by Crippen LogP contribution is -2.29. The summed E-state index contributed by atoms with van der Waals surface area (Å²) in [6, 6.07) is 37.3. The van der Waals surface area contributed by atoms with E-state index in [1.807, 2.05) is 31.2 Å². The van der Waals surface area contributed by atoms with Crippen molar-refractivity contribution in [3.63, 3.8) is 0 Å². The molecule has 0 aliphatic carbocycles. The van der Waals surface area contributed by atoms with Gasteiger partial charge in [-0.1, -0.05) is 35.4 Å². The van der Waals surface area contributed by atoms with Crippen LogP contribution in [0.15, 0.2) is 160 Å². The molecule has 0 spiro atoms. The maximum Gasteiger partial charge on any atom is 0.293 e. The Labute approximate surface area is 537 Å². The fraction of sp³-hybridized carbons (Fsp3) is 0.229. The number of amides is 3. The third-order valence-corrected chi connectivity index (χ3v) is 14.5. The van der Waals surface area contributed by atoms with Crippen LogP contribution in [0.5, 0.6) is 34.5 Å². The lowest BCUT2D eigenvalue weighted by molar-refractivity contribution is 0.0939. The van der Waals surface area contributed by atoms with Crippen molar-refractivity contribution in [2.24, 2.45) is 21.1 Å². The number of hydrogen-bond donors (Lipinski definition) is 6. The van der Waals surface area contributed by atoms with E-state index in [9.17, 15) is 61.6 Å². The van der Waals surface area contributed by atoms with Crippen LogP contribution in [0.3, 0.4) is 0 Å². The van der Waals surface area contributed by atoms with Gasteiger partial charge in [-0.2, -0.15) is 0 Å². The number of aromatic nitrogens is 3. The minimum Gasteiger partial charge on any atom is -0.502 e. The number of aromatic hydroxyl groups is 3. The molecule has 0 aliphatic rings. The number of pyridine rings is 3. The molecule has 0 saturated heterocycles. The van der Waals surface area contributed by atoms with Crippen LogP contribution in [-0.2, 0) is 21.1 Å². The Morgan fingerprint density at radius 3 is 1.05 bits per heavy atom. The van der Waals surface area contributed by atoms with Gasteiger partial charge in [-0.05, 0) is 191 Å². The van der Waals surface area contributed by atoms with Gasteiger partial charge in [-0.25, -0.2) is 17.6 Å². The largest absolute Gasteiger partial charge is 0.502 e. The van der Waals surface area contributed by atoms with Crippen molar-refractivity contribution in [3.8, 4) is 68.3 Å². The SMILES string of the molecule is Cc1cc(F)cc(-c2cc(C(=O)NCCCOc3ccc(F)cc3)c(O)c(=O)n2C)c1.Cc1cc(F)cc(-c2cc(C(=O)NCCCOc3cccc(Cl)c3)c(O)c(=O)n2C)c1.Cc1ccc(OCCCNC(=O)c2cc(-c3cc(C)cc(F)c3)n(C)c(=O)c2O)cc1. The molecule has 3 amide bonds. The zero-order valence-corrected chi connectivity index (χ0v) is 52.7. The van der Waals surface area contributed by atoms with Crippen molar-refractivity contribution >= 4 is 29.3 Å². The van der Waals surface area contributed by atoms with Crippen molar-refractivity contribution in [2.75, 3.05) is 39.5 Å². The molecule has 9 aromatic rings. The van der Waals surface area contributed by atoms with Gasteiger partial charge in [-0.15, -0.1) is 0 Å². The normalized spacial score (nSPS) is 10.7. The van der Waals surface area contributed by atoms with Crippen LogP contribution in [0.4, 0.5) is 17.6 Å². The summed E-state index contributed by atoms with van der Waals surface area (Å²) >= 11 is 5.90. The second-order valence-corrected chi connectivity index (χ2v) is 22.1.